The van der Waals surface area contributed by atoms with Crippen LogP contribution in [0.3, 0.4) is 0 Å². The lowest BCUT2D eigenvalue weighted by atomic mass is 10.1. The van der Waals surface area contributed by atoms with Crippen molar-refractivity contribution in [2.45, 2.75) is 0 Å². The Hall–Kier alpha value is -4.31. The topological polar surface area (TPSA) is 94.3 Å². The number of hydrogen-bond donors (Lipinski definition) is 2. The molecule has 0 aromatic heterocycles. The minimum absolute atomic E-state index is 0.222. The Morgan fingerprint density at radius 2 is 1.62 bits per heavy atom. The summed E-state index contributed by atoms with van der Waals surface area (Å²) < 4.78 is 13.0. The van der Waals surface area contributed by atoms with Crippen molar-refractivity contribution in [2.75, 3.05) is 5.32 Å². The summed E-state index contributed by atoms with van der Waals surface area (Å²) >= 11 is 0. The third kappa shape index (κ3) is 5.11. The van der Waals surface area contributed by atoms with E-state index in [4.69, 9.17) is 5.26 Å². The Kier molecular flexibility index (Phi) is 6.08. The molecule has 0 fully saturated rings. The van der Waals surface area contributed by atoms with E-state index >= 15 is 0 Å². The Morgan fingerprint density at radius 1 is 0.931 bits per heavy atom. The highest BCUT2D eigenvalue weighted by Crippen LogP contribution is 2.16. The van der Waals surface area contributed by atoms with Crippen molar-refractivity contribution >= 4 is 23.7 Å². The van der Waals surface area contributed by atoms with Crippen molar-refractivity contribution in [1.29, 1.82) is 5.26 Å². The molecule has 0 unspecified atom stereocenters. The maximum atomic E-state index is 13.0. The minimum atomic E-state index is -0.509. The van der Waals surface area contributed by atoms with Gasteiger partial charge in [-0.2, -0.15) is 10.4 Å². The van der Waals surface area contributed by atoms with Gasteiger partial charge in [-0.15, -0.1) is 0 Å². The van der Waals surface area contributed by atoms with Crippen LogP contribution in [0.25, 0.3) is 0 Å². The molecule has 3 aromatic rings. The van der Waals surface area contributed by atoms with Gasteiger partial charge in [0.15, 0.2) is 0 Å². The normalized spacial score (nSPS) is 10.3. The molecule has 0 aliphatic rings. The number of nitrogens with zero attached hydrogens (tertiary/aromatic N) is 2. The van der Waals surface area contributed by atoms with Crippen molar-refractivity contribution in [1.82, 2.24) is 5.43 Å². The zero-order chi connectivity index (χ0) is 20.6. The van der Waals surface area contributed by atoms with Crippen LogP contribution in [0.15, 0.2) is 77.9 Å². The fourth-order valence-corrected chi connectivity index (χ4v) is 2.46. The number of hydrazone groups is 1. The Balaban J connectivity index is 1.69. The molecule has 2 N–H and O–H groups in total. The molecule has 0 atom stereocenters. The second-order valence-corrected chi connectivity index (χ2v) is 5.94. The molecule has 0 saturated heterocycles. The molecule has 0 spiro atoms. The largest absolute Gasteiger partial charge is 0.321 e. The lowest BCUT2D eigenvalue weighted by molar-refractivity contribution is 0.0956. The molecule has 142 valence electrons. The second-order valence-electron chi connectivity index (χ2n) is 5.94. The van der Waals surface area contributed by atoms with E-state index in [1.165, 1.54) is 30.5 Å². The molecule has 0 aliphatic carbocycles. The maximum Gasteiger partial charge on any atom is 0.273 e. The first-order valence-corrected chi connectivity index (χ1v) is 8.56. The molecule has 7 heteroatoms. The zero-order valence-corrected chi connectivity index (χ0v) is 15.1. The lowest BCUT2D eigenvalue weighted by Crippen LogP contribution is -2.21. The van der Waals surface area contributed by atoms with Gasteiger partial charge in [-0.05, 0) is 54.1 Å². The molecule has 6 nitrogen and oxygen atoms in total. The standard InChI is InChI=1S/C22H15FN4O2/c23-18-11-9-17(10-12-18)21(28)26-20-4-2-1-3-19(20)22(29)27-25-14-16-7-5-15(13-24)6-8-16/h1-12,14H,(H,26,28)(H,27,29). The molecule has 0 aliphatic heterocycles. The molecule has 0 saturated carbocycles. The summed E-state index contributed by atoms with van der Waals surface area (Å²) in [6.45, 7) is 0. The number of hydrogen-bond acceptors (Lipinski definition) is 4. The zero-order valence-electron chi connectivity index (χ0n) is 15.1. The number of carbonyl (C=O) groups excluding carboxylic acids is 2. The number of para-hydroxylation sites is 1. The van der Waals surface area contributed by atoms with Crippen molar-refractivity contribution in [3.05, 3.63) is 101 Å². The molecule has 0 bridgehead atoms. The van der Waals surface area contributed by atoms with Crippen molar-refractivity contribution in [2.24, 2.45) is 5.10 Å². The Bertz CT molecular complexity index is 1100. The highest BCUT2D eigenvalue weighted by Gasteiger charge is 2.13. The monoisotopic (exact) mass is 386 g/mol. The number of amides is 2. The number of halogens is 1. The number of rotatable bonds is 5. The Morgan fingerprint density at radius 3 is 2.31 bits per heavy atom. The summed E-state index contributed by atoms with van der Waals surface area (Å²) in [4.78, 5) is 24.8. The van der Waals surface area contributed by atoms with Crippen molar-refractivity contribution in [3.8, 4) is 6.07 Å². The summed E-state index contributed by atoms with van der Waals surface area (Å²) in [6.07, 6.45) is 1.44. The first-order chi connectivity index (χ1) is 14.1. The number of anilines is 1. The molecule has 0 radical (unpaired) electrons. The highest BCUT2D eigenvalue weighted by atomic mass is 19.1. The van der Waals surface area contributed by atoms with Gasteiger partial charge in [0.2, 0.25) is 0 Å². The van der Waals surface area contributed by atoms with Gasteiger partial charge in [-0.3, -0.25) is 9.59 Å². The SMILES string of the molecule is N#Cc1ccc(C=NNC(=O)c2ccccc2NC(=O)c2ccc(F)cc2)cc1. The van der Waals surface area contributed by atoms with Gasteiger partial charge in [0.1, 0.15) is 5.82 Å². The average molecular weight is 386 g/mol. The van der Waals surface area contributed by atoms with Gasteiger partial charge in [-0.1, -0.05) is 24.3 Å². The van der Waals surface area contributed by atoms with Crippen LogP contribution in [0.5, 0.6) is 0 Å². The van der Waals surface area contributed by atoms with Gasteiger partial charge in [0.05, 0.1) is 29.1 Å². The number of nitriles is 1. The van der Waals surface area contributed by atoms with Crippen LogP contribution in [0.4, 0.5) is 10.1 Å². The van der Waals surface area contributed by atoms with Crippen LogP contribution in [-0.2, 0) is 0 Å². The molecule has 29 heavy (non-hydrogen) atoms. The number of benzene rings is 3. The van der Waals surface area contributed by atoms with Crippen molar-refractivity contribution in [3.63, 3.8) is 0 Å². The smallest absolute Gasteiger partial charge is 0.273 e. The van der Waals surface area contributed by atoms with E-state index in [1.807, 2.05) is 6.07 Å². The first kappa shape index (κ1) is 19.5. The van der Waals surface area contributed by atoms with E-state index in [1.54, 1.807) is 48.5 Å². The number of carbonyl (C=O) groups is 2. The van der Waals surface area contributed by atoms with Crippen LogP contribution in [0.2, 0.25) is 0 Å². The molecule has 3 rings (SSSR count). The summed E-state index contributed by atoms with van der Waals surface area (Å²) in [5.41, 5.74) is 4.42. The van der Waals surface area contributed by atoms with E-state index in [-0.39, 0.29) is 11.1 Å². The Labute approximate surface area is 166 Å². The van der Waals surface area contributed by atoms with Crippen LogP contribution >= 0.6 is 0 Å². The van der Waals surface area contributed by atoms with E-state index in [0.29, 0.717) is 16.8 Å². The molecule has 0 heterocycles. The van der Waals surface area contributed by atoms with Gasteiger partial charge >= 0.3 is 0 Å². The summed E-state index contributed by atoms with van der Waals surface area (Å²) in [5, 5.41) is 15.3. The lowest BCUT2D eigenvalue weighted by Gasteiger charge is -2.10. The second kappa shape index (κ2) is 9.06. The van der Waals surface area contributed by atoms with Crippen LogP contribution < -0.4 is 10.7 Å². The van der Waals surface area contributed by atoms with E-state index in [2.05, 4.69) is 15.8 Å². The maximum absolute atomic E-state index is 13.0. The van der Waals surface area contributed by atoms with Crippen LogP contribution in [0, 0.1) is 17.1 Å². The number of nitrogens with one attached hydrogen (secondary N) is 2. The summed E-state index contributed by atoms with van der Waals surface area (Å²) in [7, 11) is 0. The molecule has 3 aromatic carbocycles. The minimum Gasteiger partial charge on any atom is -0.321 e. The predicted molar refractivity (Wildman–Crippen MR) is 107 cm³/mol. The third-order valence-electron chi connectivity index (χ3n) is 3.95. The average Bonchev–Trinajstić information content (AvgIpc) is 2.75. The molecule has 2 amide bonds. The van der Waals surface area contributed by atoms with E-state index in [9.17, 15) is 14.0 Å². The van der Waals surface area contributed by atoms with E-state index < -0.39 is 17.6 Å². The van der Waals surface area contributed by atoms with Gasteiger partial charge in [0, 0.05) is 5.56 Å². The van der Waals surface area contributed by atoms with E-state index in [0.717, 1.165) is 0 Å². The van der Waals surface area contributed by atoms with Gasteiger partial charge in [-0.25, -0.2) is 9.82 Å². The molecular formula is C22H15FN4O2. The third-order valence-corrected chi connectivity index (χ3v) is 3.95. The van der Waals surface area contributed by atoms with Gasteiger partial charge < -0.3 is 5.32 Å². The van der Waals surface area contributed by atoms with Gasteiger partial charge in [0.25, 0.3) is 11.8 Å². The highest BCUT2D eigenvalue weighted by molar-refractivity contribution is 6.09. The van der Waals surface area contributed by atoms with Crippen LogP contribution in [0.1, 0.15) is 31.8 Å². The fourth-order valence-electron chi connectivity index (χ4n) is 2.46. The first-order valence-electron chi connectivity index (χ1n) is 8.56. The van der Waals surface area contributed by atoms with Crippen molar-refractivity contribution < 1.29 is 14.0 Å². The molecular weight excluding hydrogens is 371 g/mol. The predicted octanol–water partition coefficient (Wildman–Crippen LogP) is 3.71. The summed E-state index contributed by atoms with van der Waals surface area (Å²) in [6, 6.07) is 20.3. The fraction of sp³-hybridized carbons (Fsp3) is 0. The summed E-state index contributed by atoms with van der Waals surface area (Å²) in [5.74, 6) is -1.42. The van der Waals surface area contributed by atoms with Crippen LogP contribution in [-0.4, -0.2) is 18.0 Å². The quantitative estimate of drug-likeness (QED) is 0.517.